The van der Waals surface area contributed by atoms with Crippen molar-refractivity contribution in [2.45, 2.75) is 76.4 Å². The molecule has 4 aromatic rings. The van der Waals surface area contributed by atoms with Gasteiger partial charge in [0.05, 0.1) is 39.9 Å². The number of halogens is 1. The molecule has 1 aliphatic rings. The van der Waals surface area contributed by atoms with Gasteiger partial charge in [0.15, 0.2) is 12.4 Å². The maximum Gasteiger partial charge on any atom is 0.347 e. The summed E-state index contributed by atoms with van der Waals surface area (Å²) in [4.78, 5) is 26.9. The molecule has 1 aliphatic heterocycles. The molecule has 5 rings (SSSR count). The van der Waals surface area contributed by atoms with E-state index in [1.165, 1.54) is 0 Å². The summed E-state index contributed by atoms with van der Waals surface area (Å²) in [7, 11) is 1.22. The lowest BCUT2D eigenvalue weighted by molar-refractivity contribution is -0.0962. The maximum atomic E-state index is 16.9. The van der Waals surface area contributed by atoms with E-state index < -0.39 is 50.0 Å². The van der Waals surface area contributed by atoms with Gasteiger partial charge >= 0.3 is 5.69 Å². The largest absolute Gasteiger partial charge is 0.497 e. The van der Waals surface area contributed by atoms with Gasteiger partial charge in [-0.3, -0.25) is 9.78 Å². The highest BCUT2D eigenvalue weighted by Gasteiger charge is 2.51. The first-order valence-electron chi connectivity index (χ1n) is 17.2. The summed E-state index contributed by atoms with van der Waals surface area (Å²) in [5, 5.41) is 13.1. The Hall–Kier alpha value is -4.48. The number of methoxy groups -OCH3 is 2. The van der Waals surface area contributed by atoms with Gasteiger partial charge in [0.2, 0.25) is 0 Å². The quantitative estimate of drug-likeness (QED) is 0.0787. The number of aromatic nitrogens is 3. The standard InChI is InChI=1S/C38H45FN5O8P/c1-25(2)44(26(3)4)53(50-22-10-21-40)52-35-32(51-36(34(35)39)43-37(46)42-33(45)23-41-43)24-49-38(27-11-8-7-9-12-27,28-13-17-30(47-5)18-14-28)29-15-19-31(48-6)20-16-29/h7-9,11-20,23,25-26,32,34-36H,10,22,24H2,1-6H3,(H,42,45,46)/t32-,34+,35-,36-,53?/m1/s1. The number of aromatic amines is 1. The van der Waals surface area contributed by atoms with Crippen LogP contribution in [0.3, 0.4) is 0 Å². The molecule has 282 valence electrons. The number of rotatable bonds is 17. The first-order valence-corrected chi connectivity index (χ1v) is 18.4. The zero-order valence-corrected chi connectivity index (χ0v) is 31.4. The van der Waals surface area contributed by atoms with Crippen molar-refractivity contribution in [3.8, 4) is 17.6 Å². The van der Waals surface area contributed by atoms with Crippen molar-refractivity contribution in [1.29, 1.82) is 5.26 Å². The SMILES string of the molecule is COc1ccc(C(OC[C@H]2O[C@@H](n3ncc(=O)[nH]c3=O)[C@@H](F)[C@@H]2OP(OCCC#N)N(C(C)C)C(C)C)(c2ccccc2)c2ccc(OC)cc2)cc1. The molecule has 5 atom stereocenters. The summed E-state index contributed by atoms with van der Waals surface area (Å²) >= 11 is 0. The topological polar surface area (TPSA) is 150 Å². The molecule has 53 heavy (non-hydrogen) atoms. The Morgan fingerprint density at radius 3 is 2.02 bits per heavy atom. The second-order valence-corrected chi connectivity index (χ2v) is 14.2. The number of nitrogens with one attached hydrogen (secondary N) is 1. The minimum atomic E-state index is -1.96. The molecule has 1 fully saturated rings. The zero-order chi connectivity index (χ0) is 38.1. The average molecular weight is 750 g/mol. The summed E-state index contributed by atoms with van der Waals surface area (Å²) < 4.78 is 56.6. The Morgan fingerprint density at radius 1 is 0.943 bits per heavy atom. The highest BCUT2D eigenvalue weighted by atomic mass is 31.2. The van der Waals surface area contributed by atoms with Crippen LogP contribution in [0.5, 0.6) is 11.5 Å². The number of nitrogens with zero attached hydrogens (tertiary/aromatic N) is 4. The van der Waals surface area contributed by atoms with Crippen LogP contribution in [-0.2, 0) is 24.1 Å². The van der Waals surface area contributed by atoms with Crippen molar-refractivity contribution < 1.29 is 32.4 Å². The summed E-state index contributed by atoms with van der Waals surface area (Å²) in [5.74, 6) is 1.29. The molecule has 0 bridgehead atoms. The second-order valence-electron chi connectivity index (χ2n) is 12.8. The van der Waals surface area contributed by atoms with E-state index in [9.17, 15) is 14.9 Å². The van der Waals surface area contributed by atoms with E-state index >= 15 is 4.39 Å². The predicted molar refractivity (Wildman–Crippen MR) is 196 cm³/mol. The lowest BCUT2D eigenvalue weighted by atomic mass is 9.80. The third kappa shape index (κ3) is 8.84. The molecule has 0 amide bonds. The lowest BCUT2D eigenvalue weighted by Gasteiger charge is -2.39. The van der Waals surface area contributed by atoms with E-state index in [1.807, 2.05) is 111 Å². The van der Waals surface area contributed by atoms with Crippen LogP contribution in [0.25, 0.3) is 0 Å². The molecule has 1 unspecified atom stereocenters. The first kappa shape index (κ1) is 39.7. The van der Waals surface area contributed by atoms with Crippen LogP contribution in [-0.4, -0.2) is 77.3 Å². The van der Waals surface area contributed by atoms with Crippen molar-refractivity contribution in [3.05, 3.63) is 123 Å². The summed E-state index contributed by atoms with van der Waals surface area (Å²) in [6.07, 6.45) is -5.02. The van der Waals surface area contributed by atoms with Crippen LogP contribution in [0.1, 0.15) is 57.0 Å². The van der Waals surface area contributed by atoms with Gasteiger partial charge in [-0.05, 0) is 68.7 Å². The Labute approximate surface area is 309 Å². The highest BCUT2D eigenvalue weighted by Crippen LogP contribution is 2.51. The van der Waals surface area contributed by atoms with Gasteiger partial charge < -0.3 is 28.0 Å². The Morgan fingerprint density at radius 2 is 1.51 bits per heavy atom. The van der Waals surface area contributed by atoms with E-state index in [0.717, 1.165) is 27.6 Å². The number of nitriles is 1. The maximum absolute atomic E-state index is 16.9. The van der Waals surface area contributed by atoms with Crippen LogP contribution in [0, 0.1) is 11.3 Å². The van der Waals surface area contributed by atoms with Gasteiger partial charge in [0.1, 0.15) is 35.5 Å². The number of hydrogen-bond donors (Lipinski definition) is 1. The lowest BCUT2D eigenvalue weighted by Crippen LogP contribution is -2.41. The number of hydrogen-bond acceptors (Lipinski definition) is 11. The first-order chi connectivity index (χ1) is 25.5. The fourth-order valence-electron chi connectivity index (χ4n) is 6.37. The molecular formula is C38H45FN5O8P. The molecule has 0 spiro atoms. The minimum Gasteiger partial charge on any atom is -0.497 e. The third-order valence-electron chi connectivity index (χ3n) is 8.76. The summed E-state index contributed by atoms with van der Waals surface area (Å²) in [6, 6.07) is 26.4. The van der Waals surface area contributed by atoms with Gasteiger partial charge in [-0.1, -0.05) is 54.6 Å². The van der Waals surface area contributed by atoms with E-state index in [1.54, 1.807) is 14.2 Å². The average Bonchev–Trinajstić information content (AvgIpc) is 3.46. The van der Waals surface area contributed by atoms with Gasteiger partial charge in [-0.15, -0.1) is 0 Å². The van der Waals surface area contributed by atoms with Gasteiger partial charge in [-0.2, -0.15) is 15.0 Å². The molecule has 1 aromatic heterocycles. The van der Waals surface area contributed by atoms with E-state index in [-0.39, 0.29) is 31.7 Å². The van der Waals surface area contributed by atoms with Crippen molar-refractivity contribution in [3.63, 3.8) is 0 Å². The van der Waals surface area contributed by atoms with E-state index in [2.05, 4.69) is 16.2 Å². The van der Waals surface area contributed by atoms with Gasteiger partial charge in [-0.25, -0.2) is 13.9 Å². The summed E-state index contributed by atoms with van der Waals surface area (Å²) in [5.41, 5.74) is -0.710. The van der Waals surface area contributed by atoms with Crippen molar-refractivity contribution >= 4 is 8.53 Å². The van der Waals surface area contributed by atoms with Crippen LogP contribution >= 0.6 is 8.53 Å². The Bertz CT molecular complexity index is 1860. The minimum absolute atomic E-state index is 0.0558. The number of ether oxygens (including phenoxy) is 4. The number of benzene rings is 3. The zero-order valence-electron chi connectivity index (χ0n) is 30.5. The van der Waals surface area contributed by atoms with Crippen molar-refractivity contribution in [2.24, 2.45) is 0 Å². The molecule has 0 radical (unpaired) electrons. The molecule has 15 heteroatoms. The molecule has 0 saturated carbocycles. The molecule has 1 saturated heterocycles. The molecular weight excluding hydrogens is 704 g/mol. The smallest absolute Gasteiger partial charge is 0.347 e. The molecule has 1 N–H and O–H groups in total. The van der Waals surface area contributed by atoms with Gasteiger partial charge in [0, 0.05) is 12.1 Å². The molecule has 3 aromatic carbocycles. The van der Waals surface area contributed by atoms with Crippen LogP contribution < -0.4 is 20.7 Å². The van der Waals surface area contributed by atoms with Crippen molar-refractivity contribution in [1.82, 2.24) is 19.4 Å². The van der Waals surface area contributed by atoms with Crippen LogP contribution in [0.2, 0.25) is 0 Å². The van der Waals surface area contributed by atoms with Gasteiger partial charge in [0.25, 0.3) is 14.1 Å². The van der Waals surface area contributed by atoms with Crippen molar-refractivity contribution in [2.75, 3.05) is 27.4 Å². The van der Waals surface area contributed by atoms with E-state index in [0.29, 0.717) is 11.5 Å². The third-order valence-corrected chi connectivity index (χ3v) is 10.9. The fraction of sp³-hybridized carbons (Fsp3) is 0.421. The predicted octanol–water partition coefficient (Wildman–Crippen LogP) is 5.85. The van der Waals surface area contributed by atoms with Crippen LogP contribution in [0.15, 0.2) is 94.6 Å². The fourth-order valence-corrected chi connectivity index (χ4v) is 8.14. The molecule has 2 heterocycles. The van der Waals surface area contributed by atoms with Crippen LogP contribution in [0.4, 0.5) is 4.39 Å². The summed E-state index contributed by atoms with van der Waals surface area (Å²) in [6.45, 7) is 7.69. The Balaban J connectivity index is 1.62. The Kier molecular flexibility index (Phi) is 13.5. The number of alkyl halides is 1. The highest BCUT2D eigenvalue weighted by molar-refractivity contribution is 7.44. The molecule has 0 aliphatic carbocycles. The second kappa shape index (κ2) is 18.0. The molecule has 13 nitrogen and oxygen atoms in total. The number of H-pyrrole nitrogens is 1. The van der Waals surface area contributed by atoms with E-state index in [4.69, 9.17) is 28.0 Å². The normalized spacial score (nSPS) is 19.4. The monoisotopic (exact) mass is 749 g/mol.